The number of piperazine rings is 1. The number of amides is 1. The number of likely N-dealkylation sites (N-methyl/N-ethyl adjacent to an activating group) is 1. The molecule has 1 amide bonds. The van der Waals surface area contributed by atoms with Crippen molar-refractivity contribution in [2.45, 2.75) is 70.6 Å². The highest BCUT2D eigenvalue weighted by Crippen LogP contribution is 2.31. The number of nitrogens with zero attached hydrogens (tertiary/aromatic N) is 11. The fourth-order valence-corrected chi connectivity index (χ4v) is 9.79. The molecule has 70 heavy (non-hydrogen) atoms. The van der Waals surface area contributed by atoms with Crippen LogP contribution >= 0.6 is 11.6 Å². The number of carbonyl (C=O) groups is 1. The van der Waals surface area contributed by atoms with Gasteiger partial charge in [-0.2, -0.15) is 14.4 Å². The van der Waals surface area contributed by atoms with Gasteiger partial charge >= 0.3 is 0 Å². The Kier molecular flexibility index (Phi) is 17.6. The Morgan fingerprint density at radius 1 is 0.971 bits per heavy atom. The van der Waals surface area contributed by atoms with Crippen LogP contribution in [0.1, 0.15) is 61.1 Å². The van der Waals surface area contributed by atoms with Crippen molar-refractivity contribution < 1.29 is 32.5 Å². The molecule has 0 saturated carbocycles. The van der Waals surface area contributed by atoms with E-state index in [0.29, 0.717) is 104 Å². The van der Waals surface area contributed by atoms with Gasteiger partial charge in [0, 0.05) is 65.0 Å². The van der Waals surface area contributed by atoms with Crippen molar-refractivity contribution in [1.29, 1.82) is 0 Å². The summed E-state index contributed by atoms with van der Waals surface area (Å²) in [4.78, 5) is 59.2. The third kappa shape index (κ3) is 12.0. The van der Waals surface area contributed by atoms with Crippen molar-refractivity contribution in [2.75, 3.05) is 83.5 Å². The van der Waals surface area contributed by atoms with Gasteiger partial charge in [0.05, 0.1) is 68.5 Å². The number of ether oxygens (including phenoxy) is 3. The Morgan fingerprint density at radius 3 is 2.44 bits per heavy atom. The molecule has 2 aliphatic heterocycles. The number of aromatic amines is 1. The van der Waals surface area contributed by atoms with E-state index in [1.807, 2.05) is 17.9 Å². The van der Waals surface area contributed by atoms with E-state index in [1.165, 1.54) is 22.8 Å². The van der Waals surface area contributed by atoms with E-state index in [9.17, 15) is 23.1 Å². The molecule has 5 aromatic heterocycles. The molecular formula is C46H59ClN14O8S. The molecule has 8 rings (SSSR count). The number of fused-ring (bicyclic) bond motifs is 1. The minimum Gasteiger partial charge on any atom is -0.495 e. The van der Waals surface area contributed by atoms with Gasteiger partial charge in [0.15, 0.2) is 5.52 Å². The largest absolute Gasteiger partial charge is 0.495 e. The third-order valence-corrected chi connectivity index (χ3v) is 14.0. The molecule has 1 atom stereocenters. The predicted octanol–water partition coefficient (Wildman–Crippen LogP) is 3.55. The number of benzene rings is 1. The Balaban J connectivity index is 0.000000207. The number of sulfonamides is 1. The second kappa shape index (κ2) is 24.0. The van der Waals surface area contributed by atoms with E-state index < -0.39 is 15.6 Å². The van der Waals surface area contributed by atoms with Crippen molar-refractivity contribution in [3.63, 3.8) is 0 Å². The van der Waals surface area contributed by atoms with Gasteiger partial charge < -0.3 is 44.7 Å². The van der Waals surface area contributed by atoms with Crippen molar-refractivity contribution in [1.82, 2.24) is 59.2 Å². The molecular weight excluding hydrogens is 944 g/mol. The second-order valence-electron chi connectivity index (χ2n) is 16.2. The van der Waals surface area contributed by atoms with Gasteiger partial charge in [0.25, 0.3) is 11.5 Å². The van der Waals surface area contributed by atoms with Crippen LogP contribution in [-0.2, 0) is 40.8 Å². The van der Waals surface area contributed by atoms with Gasteiger partial charge in [-0.05, 0) is 62.6 Å². The summed E-state index contributed by atoms with van der Waals surface area (Å²) in [6, 6.07) is 8.62. The van der Waals surface area contributed by atoms with E-state index in [4.69, 9.17) is 30.8 Å². The van der Waals surface area contributed by atoms with Crippen LogP contribution in [-0.4, -0.2) is 153 Å². The van der Waals surface area contributed by atoms with Crippen LogP contribution < -0.4 is 30.6 Å². The van der Waals surface area contributed by atoms with E-state index in [1.54, 1.807) is 56.4 Å². The summed E-state index contributed by atoms with van der Waals surface area (Å²) in [6.07, 6.45) is 8.45. The Bertz CT molecular complexity index is 2900. The zero-order valence-electron chi connectivity index (χ0n) is 39.9. The average molecular weight is 1000 g/mol. The number of methoxy groups -OCH3 is 2. The van der Waals surface area contributed by atoms with Crippen LogP contribution in [0.2, 0.25) is 5.02 Å². The highest BCUT2D eigenvalue weighted by Gasteiger charge is 2.31. The molecule has 7 heterocycles. The van der Waals surface area contributed by atoms with Crippen molar-refractivity contribution in [3.8, 4) is 23.0 Å². The van der Waals surface area contributed by atoms with Crippen LogP contribution in [0.25, 0.3) is 22.4 Å². The fraction of sp³-hybridized carbons (Fsp3) is 0.457. The number of aliphatic hydroxyl groups is 1. The standard InChI is InChI=1S/C23H26ClN7O3.C23H33N7O5S/c1-34-19-6-5-15(10-18(19)24)11-27-21-17(22(33)28-13-20-25-7-3-8-26-20)12-29-23(30-21)31-9-2-4-16(31)14-32;1-5-18-19-20(27-30(18)12-13-34-4)22(31)26-21(25-19)17-14-16(15-24-23(17)35-7-3)36(32,33)29-10-8-28(6-2)9-11-29/h3,5-8,10,12,16,32H,2,4,9,11,13-14H2,1H3,(H,28,33)(H,27,29,30);14-15H,5-13H2,1-4H3,(H,25,26,31)/t16-;/m0./s1. The molecule has 4 N–H and O–H groups in total. The first-order valence-corrected chi connectivity index (χ1v) is 24.9. The first-order chi connectivity index (χ1) is 33.9. The molecule has 2 fully saturated rings. The molecule has 0 radical (unpaired) electrons. The van der Waals surface area contributed by atoms with Crippen molar-refractivity contribution in [2.24, 2.45) is 0 Å². The predicted molar refractivity (Wildman–Crippen MR) is 263 cm³/mol. The summed E-state index contributed by atoms with van der Waals surface area (Å²) < 4.78 is 46.1. The molecule has 2 saturated heterocycles. The minimum absolute atomic E-state index is 0.0236. The highest BCUT2D eigenvalue weighted by molar-refractivity contribution is 7.89. The lowest BCUT2D eigenvalue weighted by Crippen LogP contribution is -2.48. The first kappa shape index (κ1) is 51.5. The van der Waals surface area contributed by atoms with Crippen molar-refractivity contribution >= 4 is 50.3 Å². The second-order valence-corrected chi connectivity index (χ2v) is 18.5. The number of carbonyl (C=O) groups excluding carboxylic acids is 1. The van der Waals surface area contributed by atoms with Gasteiger partial charge in [-0.25, -0.2) is 33.3 Å². The molecule has 24 heteroatoms. The SMILES string of the molecule is CCOc1ncc(S(=O)(=O)N2CCN(CC)CC2)cc1-c1nc2c(CC)n(CCOC)nc2c(=O)[nH]1.COc1ccc(CNc2nc(N3CCC[C@H]3CO)ncc2C(=O)NCc2ncccn2)cc1Cl. The summed E-state index contributed by atoms with van der Waals surface area (Å²) >= 11 is 6.25. The molecule has 2 aliphatic rings. The minimum atomic E-state index is -3.79. The zero-order chi connectivity index (χ0) is 49.8. The number of nitrogens with one attached hydrogen (secondary N) is 3. The van der Waals surface area contributed by atoms with Crippen LogP contribution in [0.15, 0.2) is 64.8 Å². The summed E-state index contributed by atoms with van der Waals surface area (Å²) in [5, 5.41) is 20.7. The summed E-state index contributed by atoms with van der Waals surface area (Å²) in [7, 11) is -0.626. The molecule has 0 unspecified atom stereocenters. The number of anilines is 2. The van der Waals surface area contributed by atoms with Gasteiger partial charge in [-0.3, -0.25) is 14.3 Å². The molecule has 22 nitrogen and oxygen atoms in total. The lowest BCUT2D eigenvalue weighted by atomic mass is 10.2. The van der Waals surface area contributed by atoms with E-state index in [-0.39, 0.29) is 47.2 Å². The lowest BCUT2D eigenvalue weighted by Gasteiger charge is -2.33. The maximum absolute atomic E-state index is 13.4. The van der Waals surface area contributed by atoms with Gasteiger partial charge in [0.2, 0.25) is 21.9 Å². The maximum atomic E-state index is 13.4. The van der Waals surface area contributed by atoms with Crippen LogP contribution in [0.5, 0.6) is 11.6 Å². The molecule has 374 valence electrons. The fourth-order valence-electron chi connectivity index (χ4n) is 8.12. The molecule has 1 aromatic carbocycles. The van der Waals surface area contributed by atoms with Crippen LogP contribution in [0.3, 0.4) is 0 Å². The number of hydrogen-bond acceptors (Lipinski definition) is 18. The van der Waals surface area contributed by atoms with E-state index in [2.05, 4.69) is 57.5 Å². The smallest absolute Gasteiger partial charge is 0.279 e. The topological polar surface area (TPSA) is 261 Å². The van der Waals surface area contributed by atoms with Crippen molar-refractivity contribution in [3.05, 3.63) is 93.1 Å². The van der Waals surface area contributed by atoms with Crippen LogP contribution in [0, 0.1) is 0 Å². The Hall–Kier alpha value is -6.37. The normalized spacial score (nSPS) is 15.4. The number of aliphatic hydroxyl groups excluding tert-OH is 1. The third-order valence-electron chi connectivity index (χ3n) is 11.9. The van der Waals surface area contributed by atoms with Gasteiger partial charge in [-0.1, -0.05) is 31.5 Å². The number of rotatable bonds is 19. The Morgan fingerprint density at radius 2 is 1.76 bits per heavy atom. The van der Waals surface area contributed by atoms with E-state index in [0.717, 1.165) is 37.2 Å². The average Bonchev–Trinajstić information content (AvgIpc) is 4.02. The lowest BCUT2D eigenvalue weighted by molar-refractivity contribution is 0.0950. The zero-order valence-corrected chi connectivity index (χ0v) is 41.5. The highest BCUT2D eigenvalue weighted by atomic mass is 35.5. The van der Waals surface area contributed by atoms with Gasteiger partial charge in [0.1, 0.15) is 39.2 Å². The van der Waals surface area contributed by atoms with E-state index >= 15 is 0 Å². The molecule has 0 aliphatic carbocycles. The van der Waals surface area contributed by atoms with Crippen LogP contribution in [0.4, 0.5) is 11.8 Å². The number of aromatic nitrogens is 9. The molecule has 6 aromatic rings. The monoisotopic (exact) mass is 1000 g/mol. The maximum Gasteiger partial charge on any atom is 0.279 e. The number of hydrogen-bond donors (Lipinski definition) is 4. The van der Waals surface area contributed by atoms with Gasteiger partial charge in [-0.15, -0.1) is 0 Å². The summed E-state index contributed by atoms with van der Waals surface area (Å²) in [5.41, 5.74) is 2.53. The summed E-state index contributed by atoms with van der Waals surface area (Å²) in [5.74, 6) is 1.95. The first-order valence-electron chi connectivity index (χ1n) is 23.1. The molecule has 0 spiro atoms. The quantitative estimate of drug-likeness (QED) is 0.0904. The number of aryl methyl sites for hydroxylation is 1. The summed E-state index contributed by atoms with van der Waals surface area (Å²) in [6.45, 7) is 11.4. The molecule has 0 bridgehead atoms. The Labute approximate surface area is 410 Å². The number of H-pyrrole nitrogens is 1. The number of pyridine rings is 1. The number of halogens is 1.